The minimum atomic E-state index is -3.85. The van der Waals surface area contributed by atoms with E-state index < -0.39 is 15.9 Å². The number of benzene rings is 3. The van der Waals surface area contributed by atoms with Crippen molar-refractivity contribution < 1.29 is 27.2 Å². The Balaban J connectivity index is 1.34. The SMILES string of the molecule is NS(=O)(=O)c1ccc(NC(=O)COc2ccc(Br)cc2/C=C2\S/C(=N\N=C\c3ccc(Br)cc3)N(Cc3ccco3)C2=O)cc1. The average molecular weight is 773 g/mol. The van der Waals surface area contributed by atoms with E-state index in [1.54, 1.807) is 42.6 Å². The standard InChI is InChI=1S/C30H23Br2N5O6S2/c31-21-5-3-19(4-6-21)16-34-36-30-37(17-24-2-1-13-42-24)29(39)27(44-30)15-20-14-22(32)7-12-26(20)43-18-28(38)35-23-8-10-25(11-9-23)45(33,40)41/h1-16H,17-18H2,(H,35,38)(H2,33,40,41)/b27-15-,34-16+,36-30-. The second kappa shape index (κ2) is 14.4. The summed E-state index contributed by atoms with van der Waals surface area (Å²) >= 11 is 8.00. The lowest BCUT2D eigenvalue weighted by Gasteiger charge is -2.13. The predicted molar refractivity (Wildman–Crippen MR) is 180 cm³/mol. The lowest BCUT2D eigenvalue weighted by atomic mass is 10.2. The van der Waals surface area contributed by atoms with Gasteiger partial charge in [0.05, 0.1) is 28.8 Å². The normalized spacial score (nSPS) is 15.4. The van der Waals surface area contributed by atoms with E-state index in [9.17, 15) is 18.0 Å². The first kappa shape index (κ1) is 32.4. The smallest absolute Gasteiger partial charge is 0.267 e. The van der Waals surface area contributed by atoms with Gasteiger partial charge in [0.1, 0.15) is 11.5 Å². The second-order valence-corrected chi connectivity index (χ2v) is 13.8. The summed E-state index contributed by atoms with van der Waals surface area (Å²) in [5.74, 6) is 0.149. The minimum absolute atomic E-state index is 0.0732. The molecule has 11 nitrogen and oxygen atoms in total. The molecule has 0 aliphatic carbocycles. The molecular formula is C30H23Br2N5O6S2. The van der Waals surface area contributed by atoms with Gasteiger partial charge in [-0.05, 0) is 90.1 Å². The van der Waals surface area contributed by atoms with E-state index >= 15 is 0 Å². The van der Waals surface area contributed by atoms with Crippen molar-refractivity contribution in [1.82, 2.24) is 4.90 Å². The van der Waals surface area contributed by atoms with Gasteiger partial charge < -0.3 is 14.5 Å². The Hall–Kier alpha value is -4.02. The van der Waals surface area contributed by atoms with Crippen LogP contribution in [0.3, 0.4) is 0 Å². The van der Waals surface area contributed by atoms with Gasteiger partial charge in [-0.15, -0.1) is 5.10 Å². The van der Waals surface area contributed by atoms with Gasteiger partial charge in [0.15, 0.2) is 11.8 Å². The third kappa shape index (κ3) is 8.79. The maximum absolute atomic E-state index is 13.6. The first-order valence-electron chi connectivity index (χ1n) is 13.0. The van der Waals surface area contributed by atoms with Crippen molar-refractivity contribution in [2.75, 3.05) is 11.9 Å². The number of thioether (sulfide) groups is 1. The molecule has 1 aliphatic heterocycles. The Morgan fingerprint density at radius 1 is 1.04 bits per heavy atom. The Morgan fingerprint density at radius 2 is 1.78 bits per heavy atom. The van der Waals surface area contributed by atoms with Gasteiger partial charge in [-0.1, -0.05) is 44.0 Å². The molecule has 1 fully saturated rings. The summed E-state index contributed by atoms with van der Waals surface area (Å²) < 4.78 is 35.9. The highest BCUT2D eigenvalue weighted by molar-refractivity contribution is 9.10. The van der Waals surface area contributed by atoms with Gasteiger partial charge in [-0.25, -0.2) is 13.6 Å². The molecule has 15 heteroatoms. The summed E-state index contributed by atoms with van der Waals surface area (Å²) in [6.45, 7) is -0.194. The number of hydrogen-bond donors (Lipinski definition) is 2. The number of amides is 2. The molecule has 3 aromatic carbocycles. The Bertz CT molecular complexity index is 1910. The Kier molecular flexibility index (Phi) is 10.4. The lowest BCUT2D eigenvalue weighted by Crippen LogP contribution is -2.28. The number of carbonyl (C=O) groups excluding carboxylic acids is 2. The molecule has 230 valence electrons. The van der Waals surface area contributed by atoms with Gasteiger partial charge in [0.25, 0.3) is 11.8 Å². The number of nitrogens with zero attached hydrogens (tertiary/aromatic N) is 3. The molecule has 1 aromatic heterocycles. The zero-order valence-electron chi connectivity index (χ0n) is 23.1. The summed E-state index contributed by atoms with van der Waals surface area (Å²) in [6, 6.07) is 21.7. The molecule has 1 aliphatic rings. The number of anilines is 1. The highest BCUT2D eigenvalue weighted by Gasteiger charge is 2.34. The molecule has 0 radical (unpaired) electrons. The van der Waals surface area contributed by atoms with Crippen molar-refractivity contribution in [3.05, 3.63) is 116 Å². The number of sulfonamides is 1. The van der Waals surface area contributed by atoms with Gasteiger partial charge in [0, 0.05) is 20.2 Å². The third-order valence-electron chi connectivity index (χ3n) is 6.09. The fourth-order valence-electron chi connectivity index (χ4n) is 3.95. The van der Waals surface area contributed by atoms with Crippen LogP contribution in [0.1, 0.15) is 16.9 Å². The fraction of sp³-hybridized carbons (Fsp3) is 0.0667. The molecule has 45 heavy (non-hydrogen) atoms. The molecule has 0 spiro atoms. The van der Waals surface area contributed by atoms with Crippen molar-refractivity contribution in [3.8, 4) is 5.75 Å². The Morgan fingerprint density at radius 3 is 2.47 bits per heavy atom. The van der Waals surface area contributed by atoms with Crippen molar-refractivity contribution in [1.29, 1.82) is 0 Å². The second-order valence-electron chi connectivity index (χ2n) is 9.35. The number of nitrogens with two attached hydrogens (primary N) is 1. The number of ether oxygens (including phenoxy) is 1. The van der Waals surface area contributed by atoms with Crippen LogP contribution in [-0.4, -0.2) is 43.1 Å². The van der Waals surface area contributed by atoms with Crippen molar-refractivity contribution >= 4 is 88.6 Å². The lowest BCUT2D eigenvalue weighted by molar-refractivity contribution is -0.122. The van der Waals surface area contributed by atoms with Crippen LogP contribution in [0.25, 0.3) is 6.08 Å². The highest BCUT2D eigenvalue weighted by atomic mass is 79.9. The number of nitrogens with one attached hydrogen (secondary N) is 1. The van der Waals surface area contributed by atoms with Crippen LogP contribution in [0.2, 0.25) is 0 Å². The van der Waals surface area contributed by atoms with Crippen molar-refractivity contribution in [3.63, 3.8) is 0 Å². The van der Waals surface area contributed by atoms with E-state index in [-0.39, 0.29) is 24.0 Å². The zero-order chi connectivity index (χ0) is 32.0. The van der Waals surface area contributed by atoms with E-state index in [1.165, 1.54) is 35.4 Å². The quantitative estimate of drug-likeness (QED) is 0.114. The summed E-state index contributed by atoms with van der Waals surface area (Å²) in [7, 11) is -3.85. The van der Waals surface area contributed by atoms with Crippen LogP contribution in [0.15, 0.2) is 118 Å². The molecule has 2 heterocycles. The molecule has 1 saturated heterocycles. The molecule has 0 unspecified atom stereocenters. The average Bonchev–Trinajstić information content (AvgIpc) is 3.62. The molecule has 0 bridgehead atoms. The topological polar surface area (TPSA) is 157 Å². The van der Waals surface area contributed by atoms with E-state index in [2.05, 4.69) is 47.4 Å². The maximum atomic E-state index is 13.6. The number of rotatable bonds is 10. The van der Waals surface area contributed by atoms with Crippen LogP contribution in [0.4, 0.5) is 5.69 Å². The number of primary sulfonamides is 1. The van der Waals surface area contributed by atoms with Gasteiger partial charge in [-0.2, -0.15) is 5.10 Å². The number of carbonyl (C=O) groups is 2. The molecule has 4 aromatic rings. The largest absolute Gasteiger partial charge is 0.483 e. The summed E-state index contributed by atoms with van der Waals surface area (Å²) in [5.41, 5.74) is 1.75. The maximum Gasteiger partial charge on any atom is 0.267 e. The zero-order valence-corrected chi connectivity index (χ0v) is 27.9. The predicted octanol–water partition coefficient (Wildman–Crippen LogP) is 5.98. The summed E-state index contributed by atoms with van der Waals surface area (Å²) in [4.78, 5) is 27.9. The first-order valence-corrected chi connectivity index (χ1v) is 17.0. The van der Waals surface area contributed by atoms with Crippen LogP contribution in [0, 0.1) is 0 Å². The van der Waals surface area contributed by atoms with E-state index in [0.717, 1.165) is 26.3 Å². The van der Waals surface area contributed by atoms with Crippen molar-refractivity contribution in [2.24, 2.45) is 15.3 Å². The molecule has 0 saturated carbocycles. The summed E-state index contributed by atoms with van der Waals surface area (Å²) in [5, 5.41) is 16.7. The van der Waals surface area contributed by atoms with Crippen LogP contribution in [0.5, 0.6) is 5.75 Å². The van der Waals surface area contributed by atoms with Gasteiger partial charge in [0.2, 0.25) is 10.0 Å². The van der Waals surface area contributed by atoms with E-state index in [1.807, 2.05) is 24.3 Å². The molecule has 2 amide bonds. The number of amidine groups is 1. The van der Waals surface area contributed by atoms with Gasteiger partial charge in [-0.3, -0.25) is 14.5 Å². The number of furan rings is 1. The van der Waals surface area contributed by atoms with E-state index in [0.29, 0.717) is 32.8 Å². The van der Waals surface area contributed by atoms with E-state index in [4.69, 9.17) is 14.3 Å². The van der Waals surface area contributed by atoms with Gasteiger partial charge >= 0.3 is 0 Å². The summed E-state index contributed by atoms with van der Waals surface area (Å²) in [6.07, 6.45) is 4.78. The Labute approximate surface area is 279 Å². The minimum Gasteiger partial charge on any atom is -0.483 e. The molecular weight excluding hydrogens is 750 g/mol. The first-order chi connectivity index (χ1) is 21.5. The molecule has 5 rings (SSSR count). The highest BCUT2D eigenvalue weighted by Crippen LogP contribution is 2.36. The molecule has 0 atom stereocenters. The fourth-order valence-corrected chi connectivity index (χ4v) is 6.03. The van der Waals surface area contributed by atoms with Crippen LogP contribution < -0.4 is 15.2 Å². The van der Waals surface area contributed by atoms with Crippen LogP contribution in [-0.2, 0) is 26.2 Å². The monoisotopic (exact) mass is 771 g/mol. The van der Waals surface area contributed by atoms with Crippen LogP contribution >= 0.6 is 43.6 Å². The molecule has 3 N–H and O–H groups in total. The third-order valence-corrected chi connectivity index (χ3v) is 9.03. The number of halogens is 2. The van der Waals surface area contributed by atoms with Crippen molar-refractivity contribution in [2.45, 2.75) is 11.4 Å². The number of hydrogen-bond acceptors (Lipinski definition) is 9.